The Balaban J connectivity index is 1.64. The molecule has 0 N–H and O–H groups in total. The zero-order chi connectivity index (χ0) is 17.3. The van der Waals surface area contributed by atoms with Crippen molar-refractivity contribution < 1.29 is 0 Å². The Kier molecular flexibility index (Phi) is 7.56. The zero-order valence-electron chi connectivity index (χ0n) is 15.1. The minimum atomic E-state index is 0.723. The van der Waals surface area contributed by atoms with Crippen LogP contribution in [0, 0.1) is 5.92 Å². The summed E-state index contributed by atoms with van der Waals surface area (Å²) in [4.78, 5) is 2.71. The van der Waals surface area contributed by atoms with Crippen LogP contribution in [0.25, 0.3) is 0 Å². The zero-order valence-corrected chi connectivity index (χ0v) is 16.7. The lowest BCUT2D eigenvalue weighted by Gasteiger charge is -2.37. The number of nitrogens with zero attached hydrogens (tertiary/aromatic N) is 1. The maximum absolute atomic E-state index is 3.58. The number of halogens is 1. The molecular weight excluding hydrogens is 370 g/mol. The molecule has 2 aromatic rings. The quantitative estimate of drug-likeness (QED) is 0.462. The number of hydrogen-bond acceptors (Lipinski definition) is 1. The molecule has 0 aliphatic heterocycles. The van der Waals surface area contributed by atoms with Gasteiger partial charge in [-0.05, 0) is 55.6 Å². The van der Waals surface area contributed by atoms with Crippen LogP contribution in [0.3, 0.4) is 0 Å². The summed E-state index contributed by atoms with van der Waals surface area (Å²) < 4.78 is 0. The van der Waals surface area contributed by atoms with Gasteiger partial charge in [0.2, 0.25) is 0 Å². The summed E-state index contributed by atoms with van der Waals surface area (Å²) in [6.07, 6.45) is 8.23. The summed E-state index contributed by atoms with van der Waals surface area (Å²) in [5.74, 6) is 0.948. The van der Waals surface area contributed by atoms with Crippen LogP contribution in [0.2, 0.25) is 0 Å². The fourth-order valence-corrected chi connectivity index (χ4v) is 4.44. The molecule has 0 heterocycles. The average Bonchev–Trinajstić information content (AvgIpc) is 2.68. The van der Waals surface area contributed by atoms with E-state index in [2.05, 4.69) is 81.5 Å². The predicted molar refractivity (Wildman–Crippen MR) is 111 cm³/mol. The SMILES string of the molecule is BrCCC[C@H]1CC[C@H](N(Cc2ccccc2)Cc2ccccc2)CC1. The van der Waals surface area contributed by atoms with Crippen molar-refractivity contribution in [2.45, 2.75) is 57.7 Å². The van der Waals surface area contributed by atoms with Gasteiger partial charge in [0.1, 0.15) is 0 Å². The Bertz CT molecular complexity index is 549. The predicted octanol–water partition coefficient (Wildman–Crippen LogP) is 6.42. The molecule has 1 fully saturated rings. The molecule has 1 aliphatic carbocycles. The Hall–Kier alpha value is -1.12. The first-order valence-corrected chi connectivity index (χ1v) is 10.8. The smallest absolute Gasteiger partial charge is 0.0240 e. The lowest BCUT2D eigenvalue weighted by molar-refractivity contribution is 0.119. The molecule has 1 aliphatic rings. The average molecular weight is 400 g/mol. The molecule has 0 saturated heterocycles. The number of rotatable bonds is 8. The van der Waals surface area contributed by atoms with Gasteiger partial charge in [0.05, 0.1) is 0 Å². The maximum atomic E-state index is 3.58. The summed E-state index contributed by atoms with van der Waals surface area (Å²) in [6, 6.07) is 22.6. The largest absolute Gasteiger partial charge is 0.292 e. The van der Waals surface area contributed by atoms with E-state index in [4.69, 9.17) is 0 Å². The maximum Gasteiger partial charge on any atom is 0.0240 e. The molecule has 0 amide bonds. The van der Waals surface area contributed by atoms with Crippen molar-refractivity contribution in [1.82, 2.24) is 4.90 Å². The van der Waals surface area contributed by atoms with Crippen LogP contribution in [-0.4, -0.2) is 16.3 Å². The van der Waals surface area contributed by atoms with E-state index in [0.29, 0.717) is 0 Å². The summed E-state index contributed by atoms with van der Waals surface area (Å²) in [5, 5.41) is 1.15. The van der Waals surface area contributed by atoms with E-state index in [1.165, 1.54) is 49.7 Å². The molecule has 0 atom stereocenters. The minimum Gasteiger partial charge on any atom is -0.292 e. The molecule has 0 unspecified atom stereocenters. The van der Waals surface area contributed by atoms with Crippen LogP contribution >= 0.6 is 15.9 Å². The second-order valence-electron chi connectivity index (χ2n) is 7.38. The fourth-order valence-electron chi connectivity index (χ4n) is 4.11. The van der Waals surface area contributed by atoms with Crippen LogP contribution < -0.4 is 0 Å². The van der Waals surface area contributed by atoms with E-state index in [0.717, 1.165) is 30.4 Å². The topological polar surface area (TPSA) is 3.24 Å². The molecule has 25 heavy (non-hydrogen) atoms. The van der Waals surface area contributed by atoms with Gasteiger partial charge in [-0.25, -0.2) is 0 Å². The first kappa shape index (κ1) is 18.7. The van der Waals surface area contributed by atoms with Gasteiger partial charge < -0.3 is 0 Å². The molecule has 0 aromatic heterocycles. The molecule has 3 rings (SSSR count). The third-order valence-electron chi connectivity index (χ3n) is 5.54. The molecule has 2 aromatic carbocycles. The molecule has 0 radical (unpaired) electrons. The Morgan fingerprint density at radius 2 is 1.28 bits per heavy atom. The third-order valence-corrected chi connectivity index (χ3v) is 6.10. The van der Waals surface area contributed by atoms with Crippen molar-refractivity contribution in [3.8, 4) is 0 Å². The highest BCUT2D eigenvalue weighted by Gasteiger charge is 2.25. The van der Waals surface area contributed by atoms with E-state index >= 15 is 0 Å². The fraction of sp³-hybridized carbons (Fsp3) is 0.478. The van der Waals surface area contributed by atoms with Crippen molar-refractivity contribution in [3.05, 3.63) is 71.8 Å². The molecular formula is C23H30BrN. The Morgan fingerprint density at radius 3 is 1.76 bits per heavy atom. The summed E-state index contributed by atoms with van der Waals surface area (Å²) in [5.41, 5.74) is 2.86. The second kappa shape index (κ2) is 10.1. The van der Waals surface area contributed by atoms with E-state index < -0.39 is 0 Å². The number of benzene rings is 2. The van der Waals surface area contributed by atoms with Gasteiger partial charge in [0.15, 0.2) is 0 Å². The lowest BCUT2D eigenvalue weighted by atomic mass is 9.82. The lowest BCUT2D eigenvalue weighted by Crippen LogP contribution is -2.37. The molecule has 2 heteroatoms. The molecule has 0 spiro atoms. The highest BCUT2D eigenvalue weighted by Crippen LogP contribution is 2.32. The van der Waals surface area contributed by atoms with Gasteiger partial charge in [0, 0.05) is 24.5 Å². The third kappa shape index (κ3) is 5.97. The van der Waals surface area contributed by atoms with Crippen molar-refractivity contribution in [1.29, 1.82) is 0 Å². The van der Waals surface area contributed by atoms with Crippen molar-refractivity contribution in [2.75, 3.05) is 5.33 Å². The highest BCUT2D eigenvalue weighted by molar-refractivity contribution is 9.09. The second-order valence-corrected chi connectivity index (χ2v) is 8.17. The standard InChI is InChI=1S/C23H30BrN/c24-17-7-12-20-13-15-23(16-14-20)25(18-21-8-3-1-4-9-21)19-22-10-5-2-6-11-22/h1-6,8-11,20,23H,7,12-19H2/t20-,23-. The van der Waals surface area contributed by atoms with Crippen LogP contribution in [0.5, 0.6) is 0 Å². The monoisotopic (exact) mass is 399 g/mol. The van der Waals surface area contributed by atoms with Gasteiger partial charge in [-0.1, -0.05) is 76.6 Å². The van der Waals surface area contributed by atoms with Crippen molar-refractivity contribution in [2.24, 2.45) is 5.92 Å². The Morgan fingerprint density at radius 1 is 0.760 bits per heavy atom. The minimum absolute atomic E-state index is 0.723. The van der Waals surface area contributed by atoms with Crippen molar-refractivity contribution >= 4 is 15.9 Å². The van der Waals surface area contributed by atoms with E-state index in [1.807, 2.05) is 0 Å². The molecule has 1 saturated carbocycles. The first-order chi connectivity index (χ1) is 12.3. The Labute approximate surface area is 161 Å². The van der Waals surface area contributed by atoms with Gasteiger partial charge in [0.25, 0.3) is 0 Å². The first-order valence-electron chi connectivity index (χ1n) is 9.73. The van der Waals surface area contributed by atoms with Crippen LogP contribution in [0.1, 0.15) is 49.7 Å². The van der Waals surface area contributed by atoms with E-state index in [-0.39, 0.29) is 0 Å². The van der Waals surface area contributed by atoms with Gasteiger partial charge in [-0.3, -0.25) is 4.90 Å². The number of hydrogen-bond donors (Lipinski definition) is 0. The summed E-state index contributed by atoms with van der Waals surface area (Å²) in [6.45, 7) is 2.12. The van der Waals surface area contributed by atoms with Gasteiger partial charge in [-0.2, -0.15) is 0 Å². The van der Waals surface area contributed by atoms with Crippen LogP contribution in [0.4, 0.5) is 0 Å². The molecule has 0 bridgehead atoms. The molecule has 1 nitrogen and oxygen atoms in total. The van der Waals surface area contributed by atoms with E-state index in [1.54, 1.807) is 0 Å². The van der Waals surface area contributed by atoms with Gasteiger partial charge in [-0.15, -0.1) is 0 Å². The summed E-state index contributed by atoms with van der Waals surface area (Å²) >= 11 is 3.58. The van der Waals surface area contributed by atoms with E-state index in [9.17, 15) is 0 Å². The van der Waals surface area contributed by atoms with Crippen molar-refractivity contribution in [3.63, 3.8) is 0 Å². The van der Waals surface area contributed by atoms with Crippen LogP contribution in [0.15, 0.2) is 60.7 Å². The van der Waals surface area contributed by atoms with Crippen LogP contribution in [-0.2, 0) is 13.1 Å². The molecule has 134 valence electrons. The highest BCUT2D eigenvalue weighted by atomic mass is 79.9. The van der Waals surface area contributed by atoms with Gasteiger partial charge >= 0.3 is 0 Å². The summed E-state index contributed by atoms with van der Waals surface area (Å²) in [7, 11) is 0. The number of alkyl halides is 1. The normalized spacial score (nSPS) is 20.7.